The number of rotatable bonds is 4. The molecule has 4 rings (SSSR count). The predicted octanol–water partition coefficient (Wildman–Crippen LogP) is 4.51. The Bertz CT molecular complexity index is 1160. The van der Waals surface area contributed by atoms with Gasteiger partial charge in [-0.3, -0.25) is 9.78 Å². The van der Waals surface area contributed by atoms with Crippen LogP contribution in [0.2, 0.25) is 0 Å². The van der Waals surface area contributed by atoms with Gasteiger partial charge in [0, 0.05) is 23.6 Å². The molecule has 6 nitrogen and oxygen atoms in total. The summed E-state index contributed by atoms with van der Waals surface area (Å²) in [5, 5.41) is 11.4. The Hall–Kier alpha value is -3.80. The molecule has 1 amide bonds. The van der Waals surface area contributed by atoms with Crippen LogP contribution in [0, 0.1) is 20.8 Å². The first-order chi connectivity index (χ1) is 14.0. The van der Waals surface area contributed by atoms with Crippen molar-refractivity contribution < 1.29 is 4.79 Å². The molecule has 0 aliphatic heterocycles. The lowest BCUT2D eigenvalue weighted by Crippen LogP contribution is -2.14. The molecule has 0 fully saturated rings. The highest BCUT2D eigenvalue weighted by Crippen LogP contribution is 2.26. The van der Waals surface area contributed by atoms with Gasteiger partial charge in [0.2, 0.25) is 0 Å². The summed E-state index contributed by atoms with van der Waals surface area (Å²) < 4.78 is 1.69. The van der Waals surface area contributed by atoms with E-state index >= 15 is 0 Å². The number of benzene rings is 2. The summed E-state index contributed by atoms with van der Waals surface area (Å²) in [4.78, 5) is 17.2. The van der Waals surface area contributed by atoms with Crippen LogP contribution in [-0.2, 0) is 0 Å². The van der Waals surface area contributed by atoms with Crippen LogP contribution < -0.4 is 5.32 Å². The van der Waals surface area contributed by atoms with Crippen LogP contribution in [0.15, 0.2) is 67.0 Å². The molecule has 0 spiro atoms. The number of nitrogens with zero attached hydrogens (tertiary/aromatic N) is 4. The fourth-order valence-electron chi connectivity index (χ4n) is 3.06. The lowest BCUT2D eigenvalue weighted by Gasteiger charge is -2.10. The van der Waals surface area contributed by atoms with Gasteiger partial charge in [0.25, 0.3) is 5.91 Å². The Balaban J connectivity index is 1.80. The maximum absolute atomic E-state index is 13.0. The Morgan fingerprint density at radius 1 is 0.966 bits per heavy atom. The standard InChI is InChI=1S/C23H21N5O/c1-15-6-9-19(10-7-15)25-23(29)21-22(18-5-4-12-24-14-18)28(27-26-21)20-11-8-16(2)17(3)13-20/h4-14H,1-3H3,(H,25,29). The number of carbonyl (C=O) groups is 1. The van der Waals surface area contributed by atoms with Gasteiger partial charge in [-0.05, 0) is 68.3 Å². The maximum Gasteiger partial charge on any atom is 0.278 e. The third kappa shape index (κ3) is 3.78. The first-order valence-electron chi connectivity index (χ1n) is 9.34. The molecule has 0 unspecified atom stereocenters. The van der Waals surface area contributed by atoms with E-state index in [9.17, 15) is 4.79 Å². The summed E-state index contributed by atoms with van der Waals surface area (Å²) in [6.45, 7) is 6.11. The molecule has 0 bridgehead atoms. The van der Waals surface area contributed by atoms with Gasteiger partial charge in [0.15, 0.2) is 5.69 Å². The molecule has 2 aromatic carbocycles. The Morgan fingerprint density at radius 3 is 2.45 bits per heavy atom. The quantitative estimate of drug-likeness (QED) is 0.563. The zero-order valence-corrected chi connectivity index (χ0v) is 16.5. The van der Waals surface area contributed by atoms with Gasteiger partial charge in [-0.25, -0.2) is 4.68 Å². The summed E-state index contributed by atoms with van der Waals surface area (Å²) in [7, 11) is 0. The van der Waals surface area contributed by atoms with Gasteiger partial charge in [0.05, 0.1) is 5.69 Å². The average molecular weight is 383 g/mol. The molecule has 0 aliphatic rings. The number of hydrogen-bond donors (Lipinski definition) is 1. The molecule has 2 heterocycles. The number of aryl methyl sites for hydroxylation is 3. The minimum Gasteiger partial charge on any atom is -0.321 e. The molecule has 0 aliphatic carbocycles. The van der Waals surface area contributed by atoms with Crippen molar-refractivity contribution in [3.05, 3.63) is 89.4 Å². The van der Waals surface area contributed by atoms with E-state index in [1.54, 1.807) is 17.1 Å². The number of hydrogen-bond acceptors (Lipinski definition) is 4. The molecular weight excluding hydrogens is 362 g/mol. The second-order valence-corrected chi connectivity index (χ2v) is 7.03. The van der Waals surface area contributed by atoms with E-state index < -0.39 is 0 Å². The van der Waals surface area contributed by atoms with Crippen LogP contribution in [0.25, 0.3) is 16.9 Å². The number of aromatic nitrogens is 4. The van der Waals surface area contributed by atoms with Crippen molar-refractivity contribution in [1.82, 2.24) is 20.0 Å². The van der Waals surface area contributed by atoms with Crippen LogP contribution in [0.5, 0.6) is 0 Å². The molecule has 2 aromatic heterocycles. The van der Waals surface area contributed by atoms with Crippen molar-refractivity contribution in [3.8, 4) is 16.9 Å². The Labute approximate surface area is 169 Å². The Kier molecular flexibility index (Phi) is 4.91. The van der Waals surface area contributed by atoms with Crippen molar-refractivity contribution in [3.63, 3.8) is 0 Å². The first-order valence-corrected chi connectivity index (χ1v) is 9.34. The van der Waals surface area contributed by atoms with Crippen LogP contribution in [0.4, 0.5) is 5.69 Å². The van der Waals surface area contributed by atoms with Crippen molar-refractivity contribution in [2.24, 2.45) is 0 Å². The summed E-state index contributed by atoms with van der Waals surface area (Å²) >= 11 is 0. The Morgan fingerprint density at radius 2 is 1.76 bits per heavy atom. The lowest BCUT2D eigenvalue weighted by atomic mass is 10.1. The molecular formula is C23H21N5O. The number of anilines is 1. The van der Waals surface area contributed by atoms with Crippen molar-refractivity contribution in [1.29, 1.82) is 0 Å². The monoisotopic (exact) mass is 383 g/mol. The molecule has 144 valence electrons. The van der Waals surface area contributed by atoms with Crippen molar-refractivity contribution in [2.45, 2.75) is 20.8 Å². The molecule has 6 heteroatoms. The predicted molar refractivity (Wildman–Crippen MR) is 113 cm³/mol. The highest BCUT2D eigenvalue weighted by atomic mass is 16.2. The molecule has 29 heavy (non-hydrogen) atoms. The minimum atomic E-state index is -0.317. The highest BCUT2D eigenvalue weighted by Gasteiger charge is 2.22. The molecule has 0 radical (unpaired) electrons. The second-order valence-electron chi connectivity index (χ2n) is 7.03. The van der Waals surface area contributed by atoms with Gasteiger partial charge < -0.3 is 5.32 Å². The fraction of sp³-hybridized carbons (Fsp3) is 0.130. The number of carbonyl (C=O) groups excluding carboxylic acids is 1. The van der Waals surface area contributed by atoms with Gasteiger partial charge in [0.1, 0.15) is 5.69 Å². The van der Waals surface area contributed by atoms with Crippen LogP contribution in [-0.4, -0.2) is 25.9 Å². The van der Waals surface area contributed by atoms with Crippen LogP contribution in [0.3, 0.4) is 0 Å². The van der Waals surface area contributed by atoms with Crippen molar-refractivity contribution in [2.75, 3.05) is 5.32 Å². The zero-order valence-electron chi connectivity index (χ0n) is 16.5. The third-order valence-electron chi connectivity index (χ3n) is 4.86. The van der Waals surface area contributed by atoms with E-state index in [0.29, 0.717) is 11.4 Å². The van der Waals surface area contributed by atoms with E-state index in [1.807, 2.05) is 68.4 Å². The fourth-order valence-corrected chi connectivity index (χ4v) is 3.06. The maximum atomic E-state index is 13.0. The summed E-state index contributed by atoms with van der Waals surface area (Å²) in [6, 6.07) is 17.4. The molecule has 1 N–H and O–H groups in total. The van der Waals surface area contributed by atoms with Gasteiger partial charge in [-0.15, -0.1) is 5.10 Å². The molecule has 4 aromatic rings. The lowest BCUT2D eigenvalue weighted by molar-refractivity contribution is 0.102. The van der Waals surface area contributed by atoms with Crippen LogP contribution >= 0.6 is 0 Å². The number of pyridine rings is 1. The van der Waals surface area contributed by atoms with Crippen molar-refractivity contribution >= 4 is 11.6 Å². The number of nitrogens with one attached hydrogen (secondary N) is 1. The van der Waals surface area contributed by atoms with E-state index in [0.717, 1.165) is 22.4 Å². The second kappa shape index (κ2) is 7.67. The first kappa shape index (κ1) is 18.6. The van der Waals surface area contributed by atoms with E-state index in [1.165, 1.54) is 5.56 Å². The van der Waals surface area contributed by atoms with E-state index in [2.05, 4.69) is 27.5 Å². The molecule has 0 saturated carbocycles. The summed E-state index contributed by atoms with van der Waals surface area (Å²) in [5.74, 6) is -0.317. The van der Waals surface area contributed by atoms with Gasteiger partial charge in [-0.2, -0.15) is 0 Å². The topological polar surface area (TPSA) is 72.7 Å². The summed E-state index contributed by atoms with van der Waals surface area (Å²) in [5.41, 5.74) is 6.62. The average Bonchev–Trinajstić information content (AvgIpc) is 3.18. The van der Waals surface area contributed by atoms with Gasteiger partial charge in [-0.1, -0.05) is 29.0 Å². The van der Waals surface area contributed by atoms with Gasteiger partial charge >= 0.3 is 0 Å². The minimum absolute atomic E-state index is 0.247. The zero-order chi connectivity index (χ0) is 20.4. The third-order valence-corrected chi connectivity index (χ3v) is 4.86. The SMILES string of the molecule is Cc1ccc(NC(=O)c2nnn(-c3ccc(C)c(C)c3)c2-c2cccnc2)cc1. The van der Waals surface area contributed by atoms with Crippen LogP contribution in [0.1, 0.15) is 27.2 Å². The normalized spacial score (nSPS) is 10.7. The number of amides is 1. The van der Waals surface area contributed by atoms with E-state index in [4.69, 9.17) is 0 Å². The van der Waals surface area contributed by atoms with E-state index in [-0.39, 0.29) is 11.6 Å². The smallest absolute Gasteiger partial charge is 0.278 e. The molecule has 0 saturated heterocycles. The molecule has 0 atom stereocenters. The largest absolute Gasteiger partial charge is 0.321 e. The highest BCUT2D eigenvalue weighted by molar-refractivity contribution is 6.06. The summed E-state index contributed by atoms with van der Waals surface area (Å²) in [6.07, 6.45) is 3.40.